The van der Waals surface area contributed by atoms with Crippen LogP contribution in [0.2, 0.25) is 0 Å². The summed E-state index contributed by atoms with van der Waals surface area (Å²) in [5, 5.41) is 9.73. The van der Waals surface area contributed by atoms with Gasteiger partial charge < -0.3 is 14.6 Å². The Kier molecular flexibility index (Phi) is 6.22. The first-order chi connectivity index (χ1) is 12.4. The predicted octanol–water partition coefficient (Wildman–Crippen LogP) is 2.38. The van der Waals surface area contributed by atoms with Crippen molar-refractivity contribution >= 4 is 10.0 Å². The van der Waals surface area contributed by atoms with E-state index in [1.807, 2.05) is 0 Å². The number of ether oxygens (including phenoxy) is 2. The molecular weight excluding hydrogens is 354 g/mol. The van der Waals surface area contributed by atoms with Crippen molar-refractivity contribution in [1.82, 2.24) is 4.72 Å². The Labute approximate surface area is 155 Å². The molecule has 0 atom stereocenters. The van der Waals surface area contributed by atoms with E-state index in [0.29, 0.717) is 31.6 Å². The topological polar surface area (TPSA) is 84.9 Å². The smallest absolute Gasteiger partial charge is 0.240 e. The van der Waals surface area contributed by atoms with E-state index in [0.717, 1.165) is 18.6 Å². The van der Waals surface area contributed by atoms with E-state index < -0.39 is 15.4 Å². The molecule has 2 N–H and O–H groups in total. The molecule has 1 aromatic carbocycles. The van der Waals surface area contributed by atoms with Gasteiger partial charge >= 0.3 is 0 Å². The molecule has 0 radical (unpaired) electrons. The number of aliphatic hydroxyl groups is 1. The van der Waals surface area contributed by atoms with E-state index in [2.05, 4.69) is 4.72 Å². The van der Waals surface area contributed by atoms with Gasteiger partial charge in [-0.05, 0) is 69.2 Å². The second-order valence-electron chi connectivity index (χ2n) is 7.55. The van der Waals surface area contributed by atoms with Crippen LogP contribution in [0.3, 0.4) is 0 Å². The van der Waals surface area contributed by atoms with Gasteiger partial charge in [0.25, 0.3) is 0 Å². The summed E-state index contributed by atoms with van der Waals surface area (Å²) in [7, 11) is -3.64. The second-order valence-corrected chi connectivity index (χ2v) is 9.28. The molecule has 26 heavy (non-hydrogen) atoms. The third-order valence-electron chi connectivity index (χ3n) is 5.57. The number of benzene rings is 1. The van der Waals surface area contributed by atoms with Crippen molar-refractivity contribution in [2.75, 3.05) is 26.4 Å². The first kappa shape index (κ1) is 19.6. The minimum absolute atomic E-state index is 0.0496. The number of aliphatic hydroxyl groups excluding tert-OH is 1. The summed E-state index contributed by atoms with van der Waals surface area (Å²) in [6.07, 6.45) is 6.06. The van der Waals surface area contributed by atoms with Gasteiger partial charge in [-0.1, -0.05) is 0 Å². The Morgan fingerprint density at radius 2 is 1.96 bits per heavy atom. The molecule has 0 unspecified atom stereocenters. The van der Waals surface area contributed by atoms with Crippen molar-refractivity contribution in [3.63, 3.8) is 0 Å². The average molecular weight is 384 g/mol. The lowest BCUT2D eigenvalue weighted by molar-refractivity contribution is -0.0126. The molecule has 1 aliphatic carbocycles. The van der Waals surface area contributed by atoms with Gasteiger partial charge in [0.2, 0.25) is 10.0 Å². The zero-order valence-electron chi connectivity index (χ0n) is 15.4. The highest BCUT2D eigenvalue weighted by Crippen LogP contribution is 2.30. The lowest BCUT2D eigenvalue weighted by Gasteiger charge is -2.35. The third kappa shape index (κ3) is 4.57. The van der Waals surface area contributed by atoms with Crippen molar-refractivity contribution in [2.24, 2.45) is 5.41 Å². The van der Waals surface area contributed by atoms with Crippen LogP contribution in [-0.2, 0) is 14.8 Å². The summed E-state index contributed by atoms with van der Waals surface area (Å²) in [5.74, 6) is 0.726. The van der Waals surface area contributed by atoms with E-state index in [-0.39, 0.29) is 24.2 Å². The molecule has 146 valence electrons. The molecule has 0 bridgehead atoms. The Morgan fingerprint density at radius 3 is 2.58 bits per heavy atom. The zero-order valence-corrected chi connectivity index (χ0v) is 16.2. The Balaban J connectivity index is 1.68. The van der Waals surface area contributed by atoms with Gasteiger partial charge in [0.1, 0.15) is 5.75 Å². The minimum atomic E-state index is -3.64. The first-order valence-electron chi connectivity index (χ1n) is 9.40. The molecule has 1 heterocycles. The van der Waals surface area contributed by atoms with Crippen molar-refractivity contribution in [3.05, 3.63) is 23.8 Å². The fourth-order valence-electron chi connectivity index (χ4n) is 3.72. The summed E-state index contributed by atoms with van der Waals surface area (Å²) >= 11 is 0. The average Bonchev–Trinajstić information content (AvgIpc) is 3.14. The first-order valence-corrected chi connectivity index (χ1v) is 10.9. The summed E-state index contributed by atoms with van der Waals surface area (Å²) in [6, 6.07) is 5.14. The van der Waals surface area contributed by atoms with Crippen LogP contribution in [0, 0.1) is 12.3 Å². The Hall–Kier alpha value is -1.15. The highest BCUT2D eigenvalue weighted by atomic mass is 32.2. The molecule has 1 saturated heterocycles. The van der Waals surface area contributed by atoms with E-state index in [1.54, 1.807) is 25.1 Å². The molecule has 6 nitrogen and oxygen atoms in total. The molecule has 0 aromatic heterocycles. The number of hydrogen-bond acceptors (Lipinski definition) is 5. The fourth-order valence-corrected chi connectivity index (χ4v) is 5.10. The summed E-state index contributed by atoms with van der Waals surface area (Å²) in [6.45, 7) is 3.05. The van der Waals surface area contributed by atoms with E-state index in [4.69, 9.17) is 9.47 Å². The van der Waals surface area contributed by atoms with Crippen LogP contribution in [0.5, 0.6) is 5.75 Å². The minimum Gasteiger partial charge on any atom is -0.490 e. The normalized spacial score (nSPS) is 21.0. The number of nitrogens with one attached hydrogen (secondary N) is 1. The highest BCUT2D eigenvalue weighted by molar-refractivity contribution is 7.89. The van der Waals surface area contributed by atoms with Crippen LogP contribution in [0.15, 0.2) is 23.1 Å². The van der Waals surface area contributed by atoms with Crippen LogP contribution < -0.4 is 9.46 Å². The maximum Gasteiger partial charge on any atom is 0.240 e. The SMILES string of the molecule is Cc1cc(OC2CCCC2)ccc1S(=O)(=O)NCC1(CO)CCOCC1. The van der Waals surface area contributed by atoms with Gasteiger partial charge in [0.05, 0.1) is 17.6 Å². The maximum atomic E-state index is 12.7. The molecule has 1 saturated carbocycles. The van der Waals surface area contributed by atoms with Crippen molar-refractivity contribution < 1.29 is 23.0 Å². The molecule has 2 aliphatic rings. The van der Waals surface area contributed by atoms with Gasteiger partial charge in [-0.2, -0.15) is 0 Å². The fraction of sp³-hybridized carbons (Fsp3) is 0.684. The van der Waals surface area contributed by atoms with Gasteiger partial charge in [-0.25, -0.2) is 13.1 Å². The zero-order chi connectivity index (χ0) is 18.6. The Bertz CT molecular complexity index is 707. The van der Waals surface area contributed by atoms with Crippen molar-refractivity contribution in [1.29, 1.82) is 0 Å². The van der Waals surface area contributed by atoms with Gasteiger partial charge in [0, 0.05) is 25.2 Å². The highest BCUT2D eigenvalue weighted by Gasteiger charge is 2.33. The number of sulfonamides is 1. The number of rotatable bonds is 7. The maximum absolute atomic E-state index is 12.7. The molecule has 2 fully saturated rings. The largest absolute Gasteiger partial charge is 0.490 e. The van der Waals surface area contributed by atoms with E-state index in [9.17, 15) is 13.5 Å². The van der Waals surface area contributed by atoms with Crippen LogP contribution in [0.25, 0.3) is 0 Å². The summed E-state index contributed by atoms with van der Waals surface area (Å²) in [4.78, 5) is 0.261. The summed E-state index contributed by atoms with van der Waals surface area (Å²) in [5.41, 5.74) is 0.225. The van der Waals surface area contributed by atoms with Crippen LogP contribution in [-0.4, -0.2) is 46.0 Å². The Morgan fingerprint density at radius 1 is 1.27 bits per heavy atom. The molecule has 1 aromatic rings. The van der Waals surface area contributed by atoms with Crippen molar-refractivity contribution in [2.45, 2.75) is 56.4 Å². The molecule has 0 amide bonds. The lowest BCUT2D eigenvalue weighted by Crippen LogP contribution is -2.43. The van der Waals surface area contributed by atoms with Crippen molar-refractivity contribution in [3.8, 4) is 5.75 Å². The number of hydrogen-bond donors (Lipinski definition) is 2. The molecule has 3 rings (SSSR count). The monoisotopic (exact) mass is 383 g/mol. The standard InChI is InChI=1S/C19H29NO5S/c1-15-12-17(25-16-4-2-3-5-16)6-7-18(15)26(22,23)20-13-19(14-21)8-10-24-11-9-19/h6-7,12,16,20-21H,2-5,8-11,13-14H2,1H3. The van der Waals surface area contributed by atoms with E-state index in [1.165, 1.54) is 12.8 Å². The summed E-state index contributed by atoms with van der Waals surface area (Å²) < 4.78 is 39.5. The number of aryl methyl sites for hydroxylation is 1. The van der Waals surface area contributed by atoms with E-state index >= 15 is 0 Å². The van der Waals surface area contributed by atoms with Gasteiger partial charge in [-0.3, -0.25) is 0 Å². The molecule has 0 spiro atoms. The van der Waals surface area contributed by atoms with Gasteiger partial charge in [-0.15, -0.1) is 0 Å². The van der Waals surface area contributed by atoms with Gasteiger partial charge in [0.15, 0.2) is 0 Å². The van der Waals surface area contributed by atoms with Crippen LogP contribution >= 0.6 is 0 Å². The third-order valence-corrected chi connectivity index (χ3v) is 7.13. The molecule has 1 aliphatic heterocycles. The molecule has 7 heteroatoms. The van der Waals surface area contributed by atoms with Crippen LogP contribution in [0.1, 0.15) is 44.1 Å². The lowest BCUT2D eigenvalue weighted by atomic mass is 9.81. The second kappa shape index (κ2) is 8.25. The predicted molar refractivity (Wildman–Crippen MR) is 98.8 cm³/mol. The molecular formula is C19H29NO5S. The quantitative estimate of drug-likeness (QED) is 0.755. The van der Waals surface area contributed by atoms with Crippen LogP contribution in [0.4, 0.5) is 0 Å².